The van der Waals surface area contributed by atoms with Crippen LogP contribution in [0.4, 0.5) is 5.69 Å². The second-order valence-corrected chi connectivity index (χ2v) is 6.88. The van der Waals surface area contributed by atoms with Crippen LogP contribution < -0.4 is 10.2 Å². The molecule has 1 amide bonds. The molecular weight excluding hydrogens is 410 g/mol. The summed E-state index contributed by atoms with van der Waals surface area (Å²) in [6, 6.07) is 13.1. The zero-order valence-corrected chi connectivity index (χ0v) is 17.0. The van der Waals surface area contributed by atoms with Crippen LogP contribution >= 0.6 is 11.6 Å². The molecule has 9 heteroatoms. The normalized spacial score (nSPS) is 10.9. The van der Waals surface area contributed by atoms with Gasteiger partial charge in [0.1, 0.15) is 17.3 Å². The van der Waals surface area contributed by atoms with Crippen LogP contribution in [0, 0.1) is 24.0 Å². The Hall–Kier alpha value is -3.65. The number of hydrazone groups is 1. The van der Waals surface area contributed by atoms with E-state index in [9.17, 15) is 14.9 Å². The maximum atomic E-state index is 11.9. The van der Waals surface area contributed by atoms with E-state index in [0.717, 1.165) is 11.1 Å². The van der Waals surface area contributed by atoms with Crippen molar-refractivity contribution in [2.45, 2.75) is 13.8 Å². The molecule has 1 heterocycles. The molecule has 0 aliphatic heterocycles. The number of carbonyl (C=O) groups excluding carboxylic acids is 1. The number of nitrogens with one attached hydrogen (secondary N) is 1. The Bertz CT molecular complexity index is 1120. The summed E-state index contributed by atoms with van der Waals surface area (Å²) in [7, 11) is 0. The number of amides is 1. The number of non-ortho nitro benzene ring substituents is 1. The first-order valence-corrected chi connectivity index (χ1v) is 9.27. The van der Waals surface area contributed by atoms with Crippen LogP contribution in [-0.2, 0) is 4.79 Å². The number of hydrogen-bond donors (Lipinski definition) is 1. The molecule has 0 saturated heterocycles. The fourth-order valence-corrected chi connectivity index (χ4v) is 2.96. The molecule has 154 valence electrons. The van der Waals surface area contributed by atoms with Crippen molar-refractivity contribution in [3.63, 3.8) is 0 Å². The topological polar surface area (TPSA) is 107 Å². The maximum Gasteiger partial charge on any atom is 0.277 e. The lowest BCUT2D eigenvalue weighted by Gasteiger charge is -2.08. The Morgan fingerprint density at radius 2 is 2.03 bits per heavy atom. The zero-order valence-electron chi connectivity index (χ0n) is 16.2. The van der Waals surface area contributed by atoms with E-state index >= 15 is 0 Å². The third-order valence-electron chi connectivity index (χ3n) is 4.13. The molecule has 3 rings (SSSR count). The molecule has 0 saturated carbocycles. The molecule has 0 fully saturated rings. The Morgan fingerprint density at radius 3 is 2.73 bits per heavy atom. The van der Waals surface area contributed by atoms with Gasteiger partial charge in [-0.15, -0.1) is 0 Å². The Kier molecular flexibility index (Phi) is 6.48. The highest BCUT2D eigenvalue weighted by Crippen LogP contribution is 2.32. The van der Waals surface area contributed by atoms with Crippen molar-refractivity contribution in [3.8, 4) is 17.1 Å². The van der Waals surface area contributed by atoms with Gasteiger partial charge in [0, 0.05) is 17.7 Å². The quantitative estimate of drug-likeness (QED) is 0.335. The molecule has 1 aromatic heterocycles. The minimum atomic E-state index is -0.525. The fourth-order valence-electron chi connectivity index (χ4n) is 2.69. The number of rotatable bonds is 7. The summed E-state index contributed by atoms with van der Waals surface area (Å²) in [4.78, 5) is 22.2. The Morgan fingerprint density at radius 1 is 1.23 bits per heavy atom. The van der Waals surface area contributed by atoms with Crippen molar-refractivity contribution >= 4 is 29.4 Å². The van der Waals surface area contributed by atoms with E-state index in [2.05, 4.69) is 10.5 Å². The predicted molar refractivity (Wildman–Crippen MR) is 113 cm³/mol. The average molecular weight is 428 g/mol. The fraction of sp³-hybridized carbons (Fsp3) is 0.143. The molecule has 3 aromatic rings. The van der Waals surface area contributed by atoms with Gasteiger partial charge in [-0.05, 0) is 43.7 Å². The number of carbonyl (C=O) groups is 1. The van der Waals surface area contributed by atoms with Gasteiger partial charge in [0.2, 0.25) is 0 Å². The second kappa shape index (κ2) is 9.23. The van der Waals surface area contributed by atoms with E-state index in [0.29, 0.717) is 22.8 Å². The number of benzene rings is 2. The molecule has 0 radical (unpaired) electrons. The lowest BCUT2D eigenvalue weighted by molar-refractivity contribution is -0.384. The summed E-state index contributed by atoms with van der Waals surface area (Å²) >= 11 is 6.10. The molecule has 1 N–H and O–H groups in total. The van der Waals surface area contributed by atoms with E-state index < -0.39 is 10.8 Å². The van der Waals surface area contributed by atoms with Crippen molar-refractivity contribution in [3.05, 3.63) is 80.6 Å². The summed E-state index contributed by atoms with van der Waals surface area (Å²) in [5.41, 5.74) is 4.81. The minimum absolute atomic E-state index is 0.108. The molecule has 0 atom stereocenters. The summed E-state index contributed by atoms with van der Waals surface area (Å²) in [5, 5.41) is 14.8. The molecule has 0 unspecified atom stereocenters. The maximum absolute atomic E-state index is 11.9. The first kappa shape index (κ1) is 21.1. The molecular formula is C21H18ClN3O5. The average Bonchev–Trinajstić information content (AvgIpc) is 3.15. The highest BCUT2D eigenvalue weighted by atomic mass is 35.5. The Balaban J connectivity index is 1.56. The predicted octanol–water partition coefficient (Wildman–Crippen LogP) is 4.65. The van der Waals surface area contributed by atoms with Gasteiger partial charge >= 0.3 is 0 Å². The number of nitro benzene ring substituents is 1. The number of aryl methyl sites for hydroxylation is 2. The van der Waals surface area contributed by atoms with Crippen molar-refractivity contribution in [2.24, 2.45) is 5.10 Å². The van der Waals surface area contributed by atoms with Gasteiger partial charge in [0.05, 0.1) is 16.2 Å². The van der Waals surface area contributed by atoms with Gasteiger partial charge in [0.25, 0.3) is 11.6 Å². The highest BCUT2D eigenvalue weighted by molar-refractivity contribution is 6.33. The van der Waals surface area contributed by atoms with Crippen molar-refractivity contribution in [1.29, 1.82) is 0 Å². The lowest BCUT2D eigenvalue weighted by atomic mass is 10.1. The van der Waals surface area contributed by atoms with Crippen LogP contribution in [-0.4, -0.2) is 23.7 Å². The van der Waals surface area contributed by atoms with Crippen molar-refractivity contribution in [1.82, 2.24) is 5.43 Å². The van der Waals surface area contributed by atoms with Crippen LogP contribution in [0.2, 0.25) is 5.02 Å². The first-order valence-electron chi connectivity index (χ1n) is 8.89. The summed E-state index contributed by atoms with van der Waals surface area (Å²) in [6.07, 6.45) is 1.33. The van der Waals surface area contributed by atoms with Crippen LogP contribution in [0.25, 0.3) is 11.3 Å². The van der Waals surface area contributed by atoms with Crippen LogP contribution in [0.15, 0.2) is 58.0 Å². The number of nitro groups is 1. The molecule has 2 aromatic carbocycles. The van der Waals surface area contributed by atoms with E-state index in [1.807, 2.05) is 32.0 Å². The summed E-state index contributed by atoms with van der Waals surface area (Å²) in [5.74, 6) is 1.00. The van der Waals surface area contributed by atoms with Gasteiger partial charge in [-0.2, -0.15) is 5.10 Å². The van der Waals surface area contributed by atoms with Gasteiger partial charge in [-0.1, -0.05) is 29.3 Å². The zero-order chi connectivity index (χ0) is 21.7. The summed E-state index contributed by atoms with van der Waals surface area (Å²) in [6.45, 7) is 3.71. The van der Waals surface area contributed by atoms with Crippen molar-refractivity contribution in [2.75, 3.05) is 6.61 Å². The third kappa shape index (κ3) is 5.24. The molecule has 0 aliphatic carbocycles. The summed E-state index contributed by atoms with van der Waals surface area (Å²) < 4.78 is 11.1. The number of furan rings is 1. The van der Waals surface area contributed by atoms with E-state index in [-0.39, 0.29) is 17.3 Å². The largest absolute Gasteiger partial charge is 0.483 e. The van der Waals surface area contributed by atoms with E-state index in [1.165, 1.54) is 24.4 Å². The number of nitrogens with zero attached hydrogens (tertiary/aromatic N) is 2. The molecule has 30 heavy (non-hydrogen) atoms. The van der Waals surface area contributed by atoms with Crippen molar-refractivity contribution < 1.29 is 18.9 Å². The highest BCUT2D eigenvalue weighted by Gasteiger charge is 2.13. The number of hydrogen-bond acceptors (Lipinski definition) is 6. The standard InChI is InChI=1S/C21H18ClN3O5/c1-13-3-7-19(14(2)9-13)29-12-21(26)24-23-11-16-5-8-20(30-16)17-6-4-15(25(27)28)10-18(17)22/h3-11H,12H2,1-2H3,(H,24,26)/b23-11+. The van der Waals surface area contributed by atoms with E-state index in [1.54, 1.807) is 12.1 Å². The van der Waals surface area contributed by atoms with Crippen LogP contribution in [0.3, 0.4) is 0 Å². The second-order valence-electron chi connectivity index (χ2n) is 6.47. The Labute approximate surface area is 177 Å². The SMILES string of the molecule is Cc1ccc(OCC(=O)N/N=C/c2ccc(-c3ccc([N+](=O)[O-])cc3Cl)o2)c(C)c1. The third-order valence-corrected chi connectivity index (χ3v) is 4.44. The molecule has 8 nitrogen and oxygen atoms in total. The lowest BCUT2D eigenvalue weighted by Crippen LogP contribution is -2.24. The van der Waals surface area contributed by atoms with Gasteiger partial charge in [0.15, 0.2) is 6.61 Å². The molecule has 0 aliphatic rings. The molecule has 0 spiro atoms. The first-order chi connectivity index (χ1) is 14.3. The van der Waals surface area contributed by atoms with Gasteiger partial charge in [-0.3, -0.25) is 14.9 Å². The number of halogens is 1. The van der Waals surface area contributed by atoms with Crippen LogP contribution in [0.5, 0.6) is 5.75 Å². The number of ether oxygens (including phenoxy) is 1. The van der Waals surface area contributed by atoms with E-state index in [4.69, 9.17) is 20.8 Å². The molecule has 0 bridgehead atoms. The van der Waals surface area contributed by atoms with Gasteiger partial charge < -0.3 is 9.15 Å². The minimum Gasteiger partial charge on any atom is -0.483 e. The van der Waals surface area contributed by atoms with Gasteiger partial charge in [-0.25, -0.2) is 5.43 Å². The smallest absolute Gasteiger partial charge is 0.277 e. The monoisotopic (exact) mass is 427 g/mol. The van der Waals surface area contributed by atoms with Crippen LogP contribution in [0.1, 0.15) is 16.9 Å².